The number of carbonyl (C=O) groups is 1. The predicted octanol–water partition coefficient (Wildman–Crippen LogP) is 16.7. The molecule has 1 saturated heterocycles. The summed E-state index contributed by atoms with van der Waals surface area (Å²) >= 11 is 0. The first-order valence-corrected chi connectivity index (χ1v) is 32.2. The predicted molar refractivity (Wildman–Crippen MR) is 313 cm³/mol. The molecule has 0 saturated carbocycles. The highest BCUT2D eigenvalue weighted by molar-refractivity contribution is 5.76. The number of aliphatic hydroxyl groups is 5. The monoisotopic (exact) mass is 1050 g/mol. The second-order valence-electron chi connectivity index (χ2n) is 22.5. The zero-order valence-corrected chi connectivity index (χ0v) is 48.6. The third kappa shape index (κ3) is 43.4. The molecule has 0 spiro atoms. The Morgan fingerprint density at radius 2 is 0.770 bits per heavy atom. The van der Waals surface area contributed by atoms with E-state index in [9.17, 15) is 30.3 Å². The van der Waals surface area contributed by atoms with Crippen LogP contribution in [0.3, 0.4) is 0 Å². The van der Waals surface area contributed by atoms with Crippen molar-refractivity contribution in [2.45, 2.75) is 358 Å². The van der Waals surface area contributed by atoms with Crippen LogP contribution in [0.1, 0.15) is 316 Å². The molecular weight excluding hydrogens is 923 g/mol. The minimum Gasteiger partial charge on any atom is -0.394 e. The summed E-state index contributed by atoms with van der Waals surface area (Å²) in [5.41, 5.74) is 0. The van der Waals surface area contributed by atoms with E-state index in [1.54, 1.807) is 6.08 Å². The van der Waals surface area contributed by atoms with Gasteiger partial charge in [0.15, 0.2) is 6.29 Å². The van der Waals surface area contributed by atoms with Gasteiger partial charge in [-0.15, -0.1) is 0 Å². The maximum atomic E-state index is 13.1. The van der Waals surface area contributed by atoms with Crippen molar-refractivity contribution in [1.82, 2.24) is 5.32 Å². The van der Waals surface area contributed by atoms with Gasteiger partial charge in [0.1, 0.15) is 24.4 Å². The lowest BCUT2D eigenvalue weighted by atomic mass is 9.99. The second-order valence-corrected chi connectivity index (χ2v) is 22.5. The van der Waals surface area contributed by atoms with Crippen LogP contribution in [-0.2, 0) is 14.3 Å². The molecule has 1 heterocycles. The summed E-state index contributed by atoms with van der Waals surface area (Å²) in [7, 11) is 0. The molecule has 1 aliphatic heterocycles. The molecule has 1 aliphatic rings. The van der Waals surface area contributed by atoms with Crippen molar-refractivity contribution in [2.75, 3.05) is 13.2 Å². The largest absolute Gasteiger partial charge is 0.394 e. The van der Waals surface area contributed by atoms with Gasteiger partial charge in [0, 0.05) is 6.42 Å². The molecule has 7 atom stereocenters. The summed E-state index contributed by atoms with van der Waals surface area (Å²) < 4.78 is 11.3. The molecule has 9 heteroatoms. The molecule has 436 valence electrons. The molecule has 74 heavy (non-hydrogen) atoms. The Hall–Kier alpha value is -1.59. The number of nitrogens with one attached hydrogen (secondary N) is 1. The van der Waals surface area contributed by atoms with Crippen molar-refractivity contribution in [1.29, 1.82) is 0 Å². The number of ether oxygens (including phenoxy) is 2. The van der Waals surface area contributed by atoms with Crippen molar-refractivity contribution in [3.63, 3.8) is 0 Å². The van der Waals surface area contributed by atoms with Crippen LogP contribution in [0, 0.1) is 0 Å². The van der Waals surface area contributed by atoms with E-state index < -0.39 is 49.5 Å². The van der Waals surface area contributed by atoms with Gasteiger partial charge >= 0.3 is 0 Å². The van der Waals surface area contributed by atoms with Crippen molar-refractivity contribution >= 4 is 5.91 Å². The molecule has 6 N–H and O–H groups in total. The Kier molecular flexibility index (Phi) is 52.1. The minimum absolute atomic E-state index is 0.182. The number of amides is 1. The maximum Gasteiger partial charge on any atom is 0.220 e. The van der Waals surface area contributed by atoms with E-state index in [1.807, 2.05) is 6.08 Å². The van der Waals surface area contributed by atoms with Gasteiger partial charge < -0.3 is 40.3 Å². The minimum atomic E-state index is -1.57. The van der Waals surface area contributed by atoms with E-state index in [2.05, 4.69) is 43.5 Å². The van der Waals surface area contributed by atoms with Crippen LogP contribution in [0.15, 0.2) is 36.5 Å². The molecule has 0 bridgehead atoms. The van der Waals surface area contributed by atoms with Gasteiger partial charge in [0.25, 0.3) is 0 Å². The van der Waals surface area contributed by atoms with E-state index in [-0.39, 0.29) is 12.5 Å². The normalized spacial score (nSPS) is 19.1. The van der Waals surface area contributed by atoms with Gasteiger partial charge in [-0.25, -0.2) is 0 Å². The first kappa shape index (κ1) is 70.4. The fraction of sp³-hybridized carbons (Fsp3) is 0.892. The molecule has 1 amide bonds. The zero-order chi connectivity index (χ0) is 53.6. The maximum absolute atomic E-state index is 13.1. The molecular formula is C65H123NO8. The van der Waals surface area contributed by atoms with Crippen LogP contribution in [0.25, 0.3) is 0 Å². The standard InChI is InChI=1S/C65H123NO8/c1-3-5-7-9-11-13-15-17-19-21-22-23-24-25-26-27-28-29-30-31-32-33-34-35-36-37-38-39-41-43-45-47-49-51-53-55-61(69)66-58(57-73-65-64(72)63(71)62(70)60(56-67)74-65)59(68)54-52-50-48-46-44-42-40-20-18-16-14-12-10-8-6-4-2/h27-28,44,46,52,54,58-60,62-65,67-68,70-72H,3-26,29-43,45,47-51,53,55-57H2,1-2H3,(H,66,69)/b28-27-,46-44+,54-52+. The smallest absolute Gasteiger partial charge is 0.220 e. The number of rotatable bonds is 56. The van der Waals surface area contributed by atoms with Gasteiger partial charge in [-0.1, -0.05) is 288 Å². The first-order valence-electron chi connectivity index (χ1n) is 32.2. The van der Waals surface area contributed by atoms with Crippen molar-refractivity contribution < 1.29 is 39.8 Å². The Bertz CT molecular complexity index is 1260. The summed E-state index contributed by atoms with van der Waals surface area (Å²) in [4.78, 5) is 13.1. The number of hydrogen-bond acceptors (Lipinski definition) is 8. The molecule has 0 aromatic heterocycles. The lowest BCUT2D eigenvalue weighted by Gasteiger charge is -2.40. The zero-order valence-electron chi connectivity index (χ0n) is 48.6. The summed E-state index contributed by atoms with van der Waals surface area (Å²) in [6, 6.07) is -0.820. The summed E-state index contributed by atoms with van der Waals surface area (Å²) in [6.45, 7) is 3.79. The van der Waals surface area contributed by atoms with Crippen molar-refractivity contribution in [3.05, 3.63) is 36.5 Å². The number of hydrogen-bond donors (Lipinski definition) is 6. The number of allylic oxidation sites excluding steroid dienone is 5. The van der Waals surface area contributed by atoms with Crippen molar-refractivity contribution in [3.8, 4) is 0 Å². The molecule has 7 unspecified atom stereocenters. The van der Waals surface area contributed by atoms with E-state index >= 15 is 0 Å². The average molecular weight is 1050 g/mol. The highest BCUT2D eigenvalue weighted by atomic mass is 16.7. The van der Waals surface area contributed by atoms with Gasteiger partial charge in [-0.2, -0.15) is 0 Å². The Morgan fingerprint density at radius 1 is 0.446 bits per heavy atom. The number of carbonyl (C=O) groups excluding carboxylic acids is 1. The van der Waals surface area contributed by atoms with Gasteiger partial charge in [0.05, 0.1) is 25.4 Å². The summed E-state index contributed by atoms with van der Waals surface area (Å²) in [5, 5.41) is 54.5. The highest BCUT2D eigenvalue weighted by Crippen LogP contribution is 2.23. The molecule has 0 radical (unpaired) electrons. The van der Waals surface area contributed by atoms with Gasteiger partial charge in [-0.3, -0.25) is 4.79 Å². The third-order valence-electron chi connectivity index (χ3n) is 15.4. The molecule has 0 aromatic carbocycles. The van der Waals surface area contributed by atoms with E-state index in [4.69, 9.17) is 9.47 Å². The molecule has 0 aliphatic carbocycles. The first-order chi connectivity index (χ1) is 36.3. The quantitative estimate of drug-likeness (QED) is 0.0261. The van der Waals surface area contributed by atoms with E-state index in [0.29, 0.717) is 6.42 Å². The van der Waals surface area contributed by atoms with Gasteiger partial charge in [0.2, 0.25) is 5.91 Å². The average Bonchev–Trinajstić information content (AvgIpc) is 3.40. The lowest BCUT2D eigenvalue weighted by Crippen LogP contribution is -2.60. The van der Waals surface area contributed by atoms with Crippen molar-refractivity contribution in [2.24, 2.45) is 0 Å². The molecule has 9 nitrogen and oxygen atoms in total. The fourth-order valence-electron chi connectivity index (χ4n) is 10.3. The van der Waals surface area contributed by atoms with Crippen LogP contribution in [0.4, 0.5) is 0 Å². The third-order valence-corrected chi connectivity index (χ3v) is 15.4. The van der Waals surface area contributed by atoms with Crippen LogP contribution >= 0.6 is 0 Å². The molecule has 0 aromatic rings. The topological polar surface area (TPSA) is 149 Å². The Labute approximate surface area is 457 Å². The summed E-state index contributed by atoms with van der Waals surface area (Å²) in [6.07, 6.45) is 65.4. The SMILES string of the molecule is CCCCCCCCCCCC/C=C/CC/C=C/C(O)C(COC1OC(CO)C(O)C(O)C1O)NC(=O)CCCCCCCCCCCCCCCCCCC/C=C\CCCCCCCCCCCCCCCC. The van der Waals surface area contributed by atoms with Crippen LogP contribution in [0.5, 0.6) is 0 Å². The fourth-order valence-corrected chi connectivity index (χ4v) is 10.3. The van der Waals surface area contributed by atoms with Crippen LogP contribution < -0.4 is 5.32 Å². The second kappa shape index (κ2) is 54.8. The number of aliphatic hydroxyl groups excluding tert-OH is 5. The van der Waals surface area contributed by atoms with Crippen LogP contribution in [0.2, 0.25) is 0 Å². The molecule has 1 fully saturated rings. The Balaban J connectivity index is 2.10. The number of unbranched alkanes of at least 4 members (excludes halogenated alkanes) is 42. The van der Waals surface area contributed by atoms with E-state index in [1.165, 1.54) is 257 Å². The molecule has 1 rings (SSSR count). The summed E-state index contributed by atoms with van der Waals surface area (Å²) in [5.74, 6) is -0.182. The lowest BCUT2D eigenvalue weighted by molar-refractivity contribution is -0.302. The highest BCUT2D eigenvalue weighted by Gasteiger charge is 2.44. The van der Waals surface area contributed by atoms with Crippen LogP contribution in [-0.4, -0.2) is 87.5 Å². The Morgan fingerprint density at radius 3 is 1.14 bits per heavy atom. The van der Waals surface area contributed by atoms with Gasteiger partial charge in [-0.05, 0) is 57.8 Å². The van der Waals surface area contributed by atoms with E-state index in [0.717, 1.165) is 38.5 Å².